The molecule has 0 atom stereocenters. The molecule has 4 N–H and O–H groups in total. The third-order valence-corrected chi connectivity index (χ3v) is 6.76. The van der Waals surface area contributed by atoms with Crippen molar-refractivity contribution in [2.75, 3.05) is 10.6 Å². The number of carbonyl (C=O) groups excluding carboxylic acids is 1. The molecule has 0 aliphatic heterocycles. The summed E-state index contributed by atoms with van der Waals surface area (Å²) >= 11 is 0. The number of nitrogens with one attached hydrogen (secondary N) is 2. The summed E-state index contributed by atoms with van der Waals surface area (Å²) < 4.78 is 8.00. The molecule has 0 aliphatic carbocycles. The van der Waals surface area contributed by atoms with Crippen molar-refractivity contribution in [2.24, 2.45) is 5.73 Å². The molecular formula is C31H23N7O2. The molecule has 0 spiro atoms. The van der Waals surface area contributed by atoms with Crippen molar-refractivity contribution in [3.05, 3.63) is 115 Å². The summed E-state index contributed by atoms with van der Waals surface area (Å²) in [5.41, 5.74) is 12.4. The third kappa shape index (κ3) is 4.20. The van der Waals surface area contributed by atoms with Crippen LogP contribution in [-0.4, -0.2) is 25.5 Å². The monoisotopic (exact) mass is 525 g/mol. The number of hydrogen-bond acceptors (Lipinski definition) is 7. The van der Waals surface area contributed by atoms with Gasteiger partial charge in [0.1, 0.15) is 16.9 Å². The molecule has 9 nitrogen and oxygen atoms in total. The lowest BCUT2D eigenvalue weighted by Gasteiger charge is -2.11. The highest BCUT2D eigenvalue weighted by Gasteiger charge is 2.16. The van der Waals surface area contributed by atoms with Gasteiger partial charge in [0, 0.05) is 40.5 Å². The van der Waals surface area contributed by atoms with E-state index in [9.17, 15) is 4.79 Å². The van der Waals surface area contributed by atoms with Crippen LogP contribution in [0.25, 0.3) is 38.7 Å². The van der Waals surface area contributed by atoms with E-state index in [1.807, 2.05) is 66.7 Å². The summed E-state index contributed by atoms with van der Waals surface area (Å²) in [4.78, 5) is 21.7. The van der Waals surface area contributed by atoms with Crippen LogP contribution in [0, 0.1) is 0 Å². The molecular weight excluding hydrogens is 502 g/mol. The van der Waals surface area contributed by atoms with Gasteiger partial charge >= 0.3 is 0 Å². The molecule has 0 fully saturated rings. The van der Waals surface area contributed by atoms with Crippen LogP contribution in [-0.2, 0) is 6.54 Å². The highest BCUT2D eigenvalue weighted by molar-refractivity contribution is 6.09. The van der Waals surface area contributed by atoms with Crippen molar-refractivity contribution in [3.8, 4) is 11.3 Å². The van der Waals surface area contributed by atoms with Crippen molar-refractivity contribution in [3.63, 3.8) is 0 Å². The molecule has 4 aromatic heterocycles. The Morgan fingerprint density at radius 3 is 2.55 bits per heavy atom. The maximum absolute atomic E-state index is 12.6. The maximum Gasteiger partial charge on any atom is 0.274 e. The Balaban J connectivity index is 1.18. The van der Waals surface area contributed by atoms with E-state index in [1.165, 1.54) is 0 Å². The van der Waals surface area contributed by atoms with Gasteiger partial charge in [-0.1, -0.05) is 36.4 Å². The van der Waals surface area contributed by atoms with Gasteiger partial charge in [-0.15, -0.1) is 0 Å². The second-order valence-corrected chi connectivity index (χ2v) is 9.33. The van der Waals surface area contributed by atoms with Gasteiger partial charge in [-0.2, -0.15) is 5.10 Å². The Labute approximate surface area is 228 Å². The molecule has 3 aromatic carbocycles. The van der Waals surface area contributed by atoms with E-state index >= 15 is 0 Å². The van der Waals surface area contributed by atoms with Crippen LogP contribution in [0.3, 0.4) is 0 Å². The lowest BCUT2D eigenvalue weighted by molar-refractivity contribution is 0.102. The standard InChI is InChI=1S/C31H23N7O2/c32-17-19-8-13-26(33-18-19)30(39)35-20-9-11-21(12-10-20)36-31-37-27(16-22-14-15-34-38(22)31)25-6-3-5-24-23-4-1-2-7-28(23)40-29(24)25/h1-16,18H,17,32H2,(H,35,39)(H,36,37). The van der Waals surface area contributed by atoms with E-state index < -0.39 is 0 Å². The lowest BCUT2D eigenvalue weighted by atomic mass is 10.1. The average molecular weight is 526 g/mol. The number of para-hydroxylation sites is 2. The van der Waals surface area contributed by atoms with Gasteiger partial charge in [0.05, 0.1) is 17.4 Å². The number of benzene rings is 3. The molecule has 9 heteroatoms. The first-order chi connectivity index (χ1) is 19.7. The van der Waals surface area contributed by atoms with Crippen molar-refractivity contribution < 1.29 is 9.21 Å². The van der Waals surface area contributed by atoms with Gasteiger partial charge in [0.2, 0.25) is 5.95 Å². The highest BCUT2D eigenvalue weighted by atomic mass is 16.3. The number of aromatic nitrogens is 4. The smallest absolute Gasteiger partial charge is 0.274 e. The molecule has 0 unspecified atom stereocenters. The van der Waals surface area contributed by atoms with Gasteiger partial charge in [-0.25, -0.2) is 9.50 Å². The SMILES string of the molecule is NCc1ccc(C(=O)Nc2ccc(Nc3nc(-c4cccc5c4oc4ccccc45)cc4ccnn34)cc2)nc1. The van der Waals surface area contributed by atoms with Crippen LogP contribution < -0.4 is 16.4 Å². The minimum atomic E-state index is -0.295. The Morgan fingerprint density at radius 2 is 1.73 bits per heavy atom. The Hall–Kier alpha value is -5.54. The van der Waals surface area contributed by atoms with Crippen molar-refractivity contribution in [1.82, 2.24) is 19.6 Å². The second-order valence-electron chi connectivity index (χ2n) is 9.33. The average Bonchev–Trinajstić information content (AvgIpc) is 3.63. The number of nitrogens with zero attached hydrogens (tertiary/aromatic N) is 4. The molecule has 0 saturated carbocycles. The van der Waals surface area contributed by atoms with E-state index in [-0.39, 0.29) is 5.91 Å². The number of nitrogens with two attached hydrogens (primary N) is 1. The number of carbonyl (C=O) groups is 1. The fourth-order valence-electron chi connectivity index (χ4n) is 4.74. The summed E-state index contributed by atoms with van der Waals surface area (Å²) in [6.07, 6.45) is 3.34. The quantitative estimate of drug-likeness (QED) is 0.238. The van der Waals surface area contributed by atoms with Crippen LogP contribution >= 0.6 is 0 Å². The number of fused-ring (bicyclic) bond motifs is 4. The molecule has 7 rings (SSSR count). The molecule has 194 valence electrons. The van der Waals surface area contributed by atoms with E-state index in [2.05, 4.69) is 32.8 Å². The number of pyridine rings is 1. The lowest BCUT2D eigenvalue weighted by Crippen LogP contribution is -2.14. The molecule has 0 aliphatic rings. The fourth-order valence-corrected chi connectivity index (χ4v) is 4.74. The van der Waals surface area contributed by atoms with Gasteiger partial charge in [0.15, 0.2) is 0 Å². The first kappa shape index (κ1) is 23.6. The Bertz CT molecular complexity index is 2010. The van der Waals surface area contributed by atoms with E-state index in [0.717, 1.165) is 50.0 Å². The van der Waals surface area contributed by atoms with Gasteiger partial charge < -0.3 is 20.8 Å². The number of rotatable bonds is 6. The molecule has 0 bridgehead atoms. The van der Waals surface area contributed by atoms with Crippen LogP contribution in [0.1, 0.15) is 16.1 Å². The predicted octanol–water partition coefficient (Wildman–Crippen LogP) is 6.15. The van der Waals surface area contributed by atoms with Crippen LogP contribution in [0.5, 0.6) is 0 Å². The Morgan fingerprint density at radius 1 is 0.900 bits per heavy atom. The zero-order chi connectivity index (χ0) is 27.1. The molecule has 1 amide bonds. The van der Waals surface area contributed by atoms with Gasteiger partial charge in [-0.3, -0.25) is 9.78 Å². The summed E-state index contributed by atoms with van der Waals surface area (Å²) in [7, 11) is 0. The van der Waals surface area contributed by atoms with Crippen molar-refractivity contribution >= 4 is 50.7 Å². The van der Waals surface area contributed by atoms with Crippen LogP contribution in [0.2, 0.25) is 0 Å². The predicted molar refractivity (Wildman–Crippen MR) is 156 cm³/mol. The minimum Gasteiger partial charge on any atom is -0.455 e. The van der Waals surface area contributed by atoms with Crippen molar-refractivity contribution in [2.45, 2.75) is 6.54 Å². The fraction of sp³-hybridized carbons (Fsp3) is 0.0323. The minimum absolute atomic E-state index is 0.295. The second kappa shape index (κ2) is 9.64. The summed E-state index contributed by atoms with van der Waals surface area (Å²) in [5, 5.41) is 12.8. The first-order valence-corrected chi connectivity index (χ1v) is 12.8. The Kier molecular flexibility index (Phi) is 5.68. The van der Waals surface area contributed by atoms with Crippen LogP contribution in [0.4, 0.5) is 17.3 Å². The number of amides is 1. The zero-order valence-electron chi connectivity index (χ0n) is 21.2. The first-order valence-electron chi connectivity index (χ1n) is 12.8. The summed E-state index contributed by atoms with van der Waals surface area (Å²) in [6.45, 7) is 0.377. The zero-order valence-corrected chi connectivity index (χ0v) is 21.2. The molecule has 40 heavy (non-hydrogen) atoms. The summed E-state index contributed by atoms with van der Waals surface area (Å²) in [6, 6.07) is 28.8. The van der Waals surface area contributed by atoms with Gasteiger partial charge in [-0.05, 0) is 60.2 Å². The normalized spacial score (nSPS) is 11.3. The van der Waals surface area contributed by atoms with Gasteiger partial charge in [0.25, 0.3) is 5.91 Å². The number of hydrogen-bond donors (Lipinski definition) is 3. The largest absolute Gasteiger partial charge is 0.455 e. The topological polar surface area (TPSA) is 123 Å². The van der Waals surface area contributed by atoms with Crippen molar-refractivity contribution in [1.29, 1.82) is 0 Å². The van der Waals surface area contributed by atoms with E-state index in [0.29, 0.717) is 23.9 Å². The maximum atomic E-state index is 12.6. The molecule has 4 heterocycles. The van der Waals surface area contributed by atoms with E-state index in [4.69, 9.17) is 15.1 Å². The number of furan rings is 1. The van der Waals surface area contributed by atoms with Crippen LogP contribution in [0.15, 0.2) is 108 Å². The summed E-state index contributed by atoms with van der Waals surface area (Å²) in [5.74, 6) is 0.253. The van der Waals surface area contributed by atoms with E-state index in [1.54, 1.807) is 29.0 Å². The number of anilines is 3. The molecule has 0 radical (unpaired) electrons. The molecule has 7 aromatic rings. The molecule has 0 saturated heterocycles. The third-order valence-electron chi connectivity index (χ3n) is 6.76. The highest BCUT2D eigenvalue weighted by Crippen LogP contribution is 2.36.